The lowest BCUT2D eigenvalue weighted by Gasteiger charge is -2.02. The second-order valence-corrected chi connectivity index (χ2v) is 4.16. The van der Waals surface area contributed by atoms with Gasteiger partial charge in [-0.25, -0.2) is 9.97 Å². The second kappa shape index (κ2) is 4.57. The summed E-state index contributed by atoms with van der Waals surface area (Å²) in [5.41, 5.74) is 1.98. The Labute approximate surface area is 97.0 Å². The fraction of sp³-hybridized carbons (Fsp3) is 0.273. The Kier molecular flexibility index (Phi) is 3.16. The van der Waals surface area contributed by atoms with E-state index in [2.05, 4.69) is 32.5 Å². The highest BCUT2D eigenvalue weighted by Gasteiger charge is 2.05. The molecule has 0 saturated carbocycles. The monoisotopic (exact) mass is 265 g/mol. The van der Waals surface area contributed by atoms with Crippen molar-refractivity contribution in [2.75, 3.05) is 0 Å². The fourth-order valence-corrected chi connectivity index (χ4v) is 1.98. The van der Waals surface area contributed by atoms with Gasteiger partial charge in [0.2, 0.25) is 0 Å². The van der Waals surface area contributed by atoms with E-state index in [4.69, 9.17) is 0 Å². The molecule has 0 spiro atoms. The molecule has 0 aromatic carbocycles. The summed E-state index contributed by atoms with van der Waals surface area (Å²) in [5.74, 6) is 0. The molecule has 0 amide bonds. The molecule has 0 N–H and O–H groups in total. The molecule has 4 heteroatoms. The maximum Gasteiger partial charge on any atom is 0.158 e. The van der Waals surface area contributed by atoms with Crippen molar-refractivity contribution < 1.29 is 0 Å². The van der Waals surface area contributed by atoms with Gasteiger partial charge in [-0.15, -0.1) is 6.58 Å². The number of hydrogen-bond acceptors (Lipinski definition) is 2. The Morgan fingerprint density at radius 3 is 3.20 bits per heavy atom. The lowest BCUT2D eigenvalue weighted by molar-refractivity contribution is 0.812. The molecule has 0 aliphatic rings. The van der Waals surface area contributed by atoms with Gasteiger partial charge in [0.25, 0.3) is 0 Å². The van der Waals surface area contributed by atoms with E-state index in [0.29, 0.717) is 0 Å². The van der Waals surface area contributed by atoms with Crippen LogP contribution in [-0.4, -0.2) is 14.4 Å². The van der Waals surface area contributed by atoms with Crippen LogP contribution < -0.4 is 0 Å². The predicted molar refractivity (Wildman–Crippen MR) is 63.8 cm³/mol. The summed E-state index contributed by atoms with van der Waals surface area (Å²) in [6.07, 6.45) is 10.6. The first-order valence-corrected chi connectivity index (χ1v) is 5.69. The molecule has 78 valence electrons. The first-order chi connectivity index (χ1) is 7.31. The molecule has 15 heavy (non-hydrogen) atoms. The Balaban J connectivity index is 2.31. The van der Waals surface area contributed by atoms with Crippen molar-refractivity contribution in [2.24, 2.45) is 0 Å². The van der Waals surface area contributed by atoms with E-state index in [-0.39, 0.29) is 0 Å². The summed E-state index contributed by atoms with van der Waals surface area (Å²) in [6, 6.07) is 0. The van der Waals surface area contributed by atoms with Crippen LogP contribution in [0, 0.1) is 0 Å². The number of imidazole rings is 1. The largest absolute Gasteiger partial charge is 0.303 e. The van der Waals surface area contributed by atoms with Gasteiger partial charge < -0.3 is 4.40 Å². The third-order valence-electron chi connectivity index (χ3n) is 2.24. The highest BCUT2D eigenvalue weighted by molar-refractivity contribution is 9.10. The maximum atomic E-state index is 4.44. The van der Waals surface area contributed by atoms with Gasteiger partial charge in [0.1, 0.15) is 4.60 Å². The number of allylic oxidation sites excluding steroid dienone is 1. The SMILES string of the molecule is C=CCCCc1nc(Br)cn2ccnc12. The van der Waals surface area contributed by atoms with Crippen LogP contribution in [0.4, 0.5) is 0 Å². The Morgan fingerprint density at radius 2 is 2.40 bits per heavy atom. The highest BCUT2D eigenvalue weighted by Crippen LogP contribution is 2.14. The van der Waals surface area contributed by atoms with E-state index < -0.39 is 0 Å². The van der Waals surface area contributed by atoms with Crippen molar-refractivity contribution in [3.8, 4) is 0 Å². The Bertz CT molecular complexity index is 476. The quantitative estimate of drug-likeness (QED) is 0.629. The average Bonchev–Trinajstić information content (AvgIpc) is 2.65. The lowest BCUT2D eigenvalue weighted by atomic mass is 10.2. The van der Waals surface area contributed by atoms with E-state index in [1.165, 1.54) is 0 Å². The lowest BCUT2D eigenvalue weighted by Crippen LogP contribution is -1.97. The molecule has 0 aliphatic carbocycles. The van der Waals surface area contributed by atoms with Crippen molar-refractivity contribution in [2.45, 2.75) is 19.3 Å². The molecule has 2 aromatic heterocycles. The van der Waals surface area contributed by atoms with Crippen LogP contribution in [0.2, 0.25) is 0 Å². The van der Waals surface area contributed by atoms with E-state index in [1.54, 1.807) is 6.20 Å². The molecule has 2 aromatic rings. The van der Waals surface area contributed by atoms with Crippen molar-refractivity contribution in [1.29, 1.82) is 0 Å². The molecular weight excluding hydrogens is 254 g/mol. The van der Waals surface area contributed by atoms with Crippen LogP contribution in [0.25, 0.3) is 5.65 Å². The molecule has 0 fully saturated rings. The van der Waals surface area contributed by atoms with Gasteiger partial charge in [-0.05, 0) is 35.2 Å². The Morgan fingerprint density at radius 1 is 1.53 bits per heavy atom. The van der Waals surface area contributed by atoms with Crippen LogP contribution in [-0.2, 0) is 6.42 Å². The minimum absolute atomic E-state index is 0.849. The predicted octanol–water partition coefficient (Wildman–Crippen LogP) is 3.00. The summed E-state index contributed by atoms with van der Waals surface area (Å²) in [7, 11) is 0. The first-order valence-electron chi connectivity index (χ1n) is 4.90. The van der Waals surface area contributed by atoms with Crippen molar-refractivity contribution in [3.05, 3.63) is 41.5 Å². The minimum atomic E-state index is 0.849. The summed E-state index contributed by atoms with van der Waals surface area (Å²) in [6.45, 7) is 3.71. The zero-order valence-electron chi connectivity index (χ0n) is 8.36. The van der Waals surface area contributed by atoms with Gasteiger partial charge in [0, 0.05) is 18.6 Å². The normalized spacial score (nSPS) is 10.7. The number of rotatable bonds is 4. The van der Waals surface area contributed by atoms with E-state index >= 15 is 0 Å². The molecular formula is C11H12BrN3. The molecule has 2 rings (SSSR count). The topological polar surface area (TPSA) is 30.2 Å². The number of fused-ring (bicyclic) bond motifs is 1. The molecule has 0 unspecified atom stereocenters. The number of halogens is 1. The van der Waals surface area contributed by atoms with Crippen LogP contribution >= 0.6 is 15.9 Å². The summed E-state index contributed by atoms with van der Waals surface area (Å²) in [5, 5.41) is 0. The van der Waals surface area contributed by atoms with E-state index in [1.807, 2.05) is 22.9 Å². The molecule has 0 radical (unpaired) electrons. The molecule has 0 atom stereocenters. The smallest absolute Gasteiger partial charge is 0.158 e. The zero-order valence-corrected chi connectivity index (χ0v) is 9.94. The minimum Gasteiger partial charge on any atom is -0.303 e. The molecule has 2 heterocycles. The highest BCUT2D eigenvalue weighted by atomic mass is 79.9. The number of aryl methyl sites for hydroxylation is 1. The van der Waals surface area contributed by atoms with Gasteiger partial charge in [0.05, 0.1) is 5.69 Å². The standard InChI is InChI=1S/C11H12BrN3/c1-2-3-4-5-9-11-13-6-7-15(11)8-10(12)14-9/h2,6-8H,1,3-5H2. The van der Waals surface area contributed by atoms with Crippen LogP contribution in [0.1, 0.15) is 18.5 Å². The number of unbranched alkanes of at least 4 members (excludes halogenated alkanes) is 1. The molecule has 0 bridgehead atoms. The van der Waals surface area contributed by atoms with Crippen molar-refractivity contribution >= 4 is 21.6 Å². The van der Waals surface area contributed by atoms with Crippen molar-refractivity contribution in [3.63, 3.8) is 0 Å². The summed E-state index contributed by atoms with van der Waals surface area (Å²) >= 11 is 3.40. The van der Waals surface area contributed by atoms with Gasteiger partial charge in [-0.3, -0.25) is 0 Å². The van der Waals surface area contributed by atoms with Crippen molar-refractivity contribution in [1.82, 2.24) is 14.4 Å². The third-order valence-corrected chi connectivity index (χ3v) is 2.62. The second-order valence-electron chi connectivity index (χ2n) is 3.35. The summed E-state index contributed by atoms with van der Waals surface area (Å²) in [4.78, 5) is 8.74. The van der Waals surface area contributed by atoms with Crippen LogP contribution in [0.5, 0.6) is 0 Å². The van der Waals surface area contributed by atoms with Gasteiger partial charge >= 0.3 is 0 Å². The number of aromatic nitrogens is 3. The molecule has 0 aliphatic heterocycles. The number of hydrogen-bond donors (Lipinski definition) is 0. The fourth-order valence-electron chi connectivity index (χ4n) is 1.54. The van der Waals surface area contributed by atoms with E-state index in [0.717, 1.165) is 35.2 Å². The van der Waals surface area contributed by atoms with Gasteiger partial charge in [0.15, 0.2) is 5.65 Å². The van der Waals surface area contributed by atoms with Gasteiger partial charge in [-0.1, -0.05) is 6.08 Å². The maximum absolute atomic E-state index is 4.44. The molecule has 3 nitrogen and oxygen atoms in total. The average molecular weight is 266 g/mol. The first kappa shape index (κ1) is 10.4. The van der Waals surface area contributed by atoms with E-state index in [9.17, 15) is 0 Å². The van der Waals surface area contributed by atoms with Crippen LogP contribution in [0.3, 0.4) is 0 Å². The van der Waals surface area contributed by atoms with Gasteiger partial charge in [-0.2, -0.15) is 0 Å². The Hall–Kier alpha value is -1.16. The third kappa shape index (κ3) is 2.26. The number of nitrogens with zero attached hydrogens (tertiary/aromatic N) is 3. The summed E-state index contributed by atoms with van der Waals surface area (Å²) < 4.78 is 2.84. The van der Waals surface area contributed by atoms with Crippen LogP contribution in [0.15, 0.2) is 35.8 Å². The zero-order chi connectivity index (χ0) is 10.7. The molecule has 0 saturated heterocycles.